The van der Waals surface area contributed by atoms with E-state index in [2.05, 4.69) is 31.9 Å². The molecule has 1 heterocycles. The first-order valence-corrected chi connectivity index (χ1v) is 21.9. The molecule has 0 aliphatic rings. The van der Waals surface area contributed by atoms with Gasteiger partial charge in [0, 0.05) is 10.0 Å². The van der Waals surface area contributed by atoms with Crippen LogP contribution in [-0.2, 0) is 33.5 Å². The first-order valence-electron chi connectivity index (χ1n) is 21.1. The van der Waals surface area contributed by atoms with Gasteiger partial charge in [-0.1, -0.05) is 39.2 Å². The molecule has 3 atom stereocenters. The molecule has 3 aromatic rings. The summed E-state index contributed by atoms with van der Waals surface area (Å²) in [5.74, 6) is -4.14. The highest BCUT2D eigenvalue weighted by Crippen LogP contribution is 2.30. The standard InChI is InChI=1S/C46H61BrN4O13/c1-11-14-15-16-31(35(12-2)51(27-52)64-43(57)30-20-18-29(59-10)24-33(30)47)40(54)48-26-49-42(56)37-22-21-36(61-37)28-17-19-32(38(23-28)60-13-3)41(55)50-34(44(58)63-46(7,8)9)25-39(53)62-45(4,5)6/h17-24,27,31,34-35H,11-16,25-26H2,1-10H3,(H,48,54)(H,49,56)(H,50,55). The number of esters is 2. The summed E-state index contributed by atoms with van der Waals surface area (Å²) in [6.45, 7) is 15.4. The van der Waals surface area contributed by atoms with E-state index in [0.29, 0.717) is 35.0 Å². The van der Waals surface area contributed by atoms with Gasteiger partial charge in [-0.2, -0.15) is 5.06 Å². The Morgan fingerprint density at radius 1 is 0.844 bits per heavy atom. The summed E-state index contributed by atoms with van der Waals surface area (Å²) in [4.78, 5) is 97.2. The van der Waals surface area contributed by atoms with Crippen molar-refractivity contribution in [2.24, 2.45) is 5.92 Å². The van der Waals surface area contributed by atoms with Crippen LogP contribution in [0.4, 0.5) is 0 Å². The van der Waals surface area contributed by atoms with E-state index in [0.717, 1.165) is 17.9 Å². The zero-order chi connectivity index (χ0) is 47.8. The minimum atomic E-state index is -1.36. The fraction of sp³-hybridized carbons (Fsp3) is 0.500. The lowest BCUT2D eigenvalue weighted by atomic mass is 9.90. The Morgan fingerprint density at radius 3 is 2.12 bits per heavy atom. The van der Waals surface area contributed by atoms with Crippen molar-refractivity contribution >= 4 is 58.0 Å². The number of nitrogens with zero attached hydrogens (tertiary/aromatic N) is 1. The molecule has 0 saturated carbocycles. The van der Waals surface area contributed by atoms with Crippen molar-refractivity contribution in [3.8, 4) is 22.8 Å². The van der Waals surface area contributed by atoms with E-state index >= 15 is 0 Å². The molecule has 0 aliphatic heterocycles. The first-order chi connectivity index (χ1) is 30.1. The fourth-order valence-corrected chi connectivity index (χ4v) is 6.91. The normalized spacial score (nSPS) is 12.7. The smallest absolute Gasteiger partial charge is 0.364 e. The van der Waals surface area contributed by atoms with Crippen molar-refractivity contribution in [2.75, 3.05) is 20.4 Å². The SMILES string of the molecule is CCCCCC(C(=O)NCNC(=O)c1ccc(-c2ccc(C(=O)NC(CC(=O)OC(C)(C)C)C(=O)OC(C)(C)C)c(OCC)c2)o1)C(CC)N(C=O)OC(=O)c1ccc(OC)cc1Br. The predicted octanol–water partition coefficient (Wildman–Crippen LogP) is 7.30. The van der Waals surface area contributed by atoms with Crippen molar-refractivity contribution in [1.29, 1.82) is 0 Å². The molecule has 0 radical (unpaired) electrons. The van der Waals surface area contributed by atoms with E-state index in [4.69, 9.17) is 28.2 Å². The maximum atomic E-state index is 13.7. The summed E-state index contributed by atoms with van der Waals surface area (Å²) in [5, 5.41) is 8.78. The number of halogens is 1. The van der Waals surface area contributed by atoms with Gasteiger partial charge in [0.25, 0.3) is 11.8 Å². The number of unbranched alkanes of at least 4 members (excludes halogenated alkanes) is 2. The molecule has 0 bridgehead atoms. The zero-order valence-corrected chi connectivity index (χ0v) is 39.8. The minimum absolute atomic E-state index is 0.0571. The number of benzene rings is 2. The second-order valence-electron chi connectivity index (χ2n) is 16.6. The van der Waals surface area contributed by atoms with Crippen LogP contribution in [0.25, 0.3) is 11.3 Å². The molecule has 4 amide bonds. The third-order valence-electron chi connectivity index (χ3n) is 9.29. The van der Waals surface area contributed by atoms with Gasteiger partial charge in [0.05, 0.1) is 49.9 Å². The van der Waals surface area contributed by atoms with E-state index in [1.807, 2.05) is 6.92 Å². The average Bonchev–Trinajstić information content (AvgIpc) is 3.72. The molecule has 0 fully saturated rings. The van der Waals surface area contributed by atoms with Crippen molar-refractivity contribution in [3.05, 3.63) is 69.9 Å². The van der Waals surface area contributed by atoms with Gasteiger partial charge in [0.2, 0.25) is 12.3 Å². The second kappa shape index (κ2) is 24.2. The highest BCUT2D eigenvalue weighted by molar-refractivity contribution is 9.10. The summed E-state index contributed by atoms with van der Waals surface area (Å²) in [5.41, 5.74) is -1.07. The molecule has 3 rings (SSSR count). The molecule has 64 heavy (non-hydrogen) atoms. The predicted molar refractivity (Wildman–Crippen MR) is 239 cm³/mol. The first kappa shape index (κ1) is 52.4. The van der Waals surface area contributed by atoms with Crippen LogP contribution < -0.4 is 25.4 Å². The van der Waals surface area contributed by atoms with Gasteiger partial charge in [-0.3, -0.25) is 24.0 Å². The van der Waals surface area contributed by atoms with Gasteiger partial charge in [-0.05, 0) is 120 Å². The van der Waals surface area contributed by atoms with E-state index in [1.54, 1.807) is 79.7 Å². The molecule has 3 N–H and O–H groups in total. The summed E-state index contributed by atoms with van der Waals surface area (Å²) < 4.78 is 28.1. The number of amides is 4. The van der Waals surface area contributed by atoms with Crippen LogP contribution in [0.1, 0.15) is 132 Å². The van der Waals surface area contributed by atoms with Gasteiger partial charge in [-0.25, -0.2) is 9.59 Å². The molecule has 0 aliphatic carbocycles. The van der Waals surface area contributed by atoms with Gasteiger partial charge in [-0.15, -0.1) is 0 Å². The number of ether oxygens (including phenoxy) is 4. The molecule has 1 aromatic heterocycles. The third-order valence-corrected chi connectivity index (χ3v) is 9.95. The maximum absolute atomic E-state index is 13.7. The summed E-state index contributed by atoms with van der Waals surface area (Å²) >= 11 is 3.33. The van der Waals surface area contributed by atoms with Crippen LogP contribution in [-0.4, -0.2) is 90.8 Å². The maximum Gasteiger partial charge on any atom is 0.364 e. The highest BCUT2D eigenvalue weighted by atomic mass is 79.9. The fourth-order valence-electron chi connectivity index (χ4n) is 6.39. The lowest BCUT2D eigenvalue weighted by molar-refractivity contribution is -0.171. The minimum Gasteiger partial charge on any atom is -0.497 e. The third kappa shape index (κ3) is 16.0. The zero-order valence-electron chi connectivity index (χ0n) is 38.2. The number of methoxy groups -OCH3 is 1. The van der Waals surface area contributed by atoms with Gasteiger partial charge in [0.1, 0.15) is 34.5 Å². The lowest BCUT2D eigenvalue weighted by Crippen LogP contribution is -2.49. The van der Waals surface area contributed by atoms with Crippen LogP contribution in [0.3, 0.4) is 0 Å². The van der Waals surface area contributed by atoms with Gasteiger partial charge in [0.15, 0.2) is 5.76 Å². The Hall–Kier alpha value is -5.91. The summed E-state index contributed by atoms with van der Waals surface area (Å²) in [6.07, 6.45) is 2.92. The molecule has 17 nitrogen and oxygen atoms in total. The van der Waals surface area contributed by atoms with Crippen LogP contribution >= 0.6 is 15.9 Å². The van der Waals surface area contributed by atoms with Crippen molar-refractivity contribution < 1.29 is 61.8 Å². The molecular formula is C46H61BrN4O13. The van der Waals surface area contributed by atoms with Crippen LogP contribution in [0.15, 0.2) is 57.4 Å². The number of nitrogens with one attached hydrogen (secondary N) is 3. The Morgan fingerprint density at radius 2 is 1.53 bits per heavy atom. The lowest BCUT2D eigenvalue weighted by Gasteiger charge is -2.32. The molecule has 18 heteroatoms. The Kier molecular flexibility index (Phi) is 19.9. The number of carbonyl (C=O) groups is 7. The molecule has 3 unspecified atom stereocenters. The number of hydrogen-bond donors (Lipinski definition) is 3. The second-order valence-corrected chi connectivity index (χ2v) is 17.5. The van der Waals surface area contributed by atoms with Crippen LogP contribution in [0.5, 0.6) is 11.5 Å². The highest BCUT2D eigenvalue weighted by Gasteiger charge is 2.35. The number of hydrogen-bond acceptors (Lipinski definition) is 13. The van der Waals surface area contributed by atoms with E-state index < -0.39 is 71.3 Å². The Labute approximate surface area is 382 Å². The van der Waals surface area contributed by atoms with Crippen molar-refractivity contribution in [2.45, 2.75) is 124 Å². The topological polar surface area (TPSA) is 218 Å². The van der Waals surface area contributed by atoms with Gasteiger partial charge < -0.3 is 44.2 Å². The van der Waals surface area contributed by atoms with E-state index in [1.165, 1.54) is 31.4 Å². The number of hydroxylamine groups is 2. The molecular weight excluding hydrogens is 896 g/mol. The number of rotatable bonds is 23. The molecule has 2 aromatic carbocycles. The number of furan rings is 1. The monoisotopic (exact) mass is 956 g/mol. The summed E-state index contributed by atoms with van der Waals surface area (Å²) in [7, 11) is 1.49. The molecule has 350 valence electrons. The van der Waals surface area contributed by atoms with Crippen molar-refractivity contribution in [3.63, 3.8) is 0 Å². The van der Waals surface area contributed by atoms with Crippen molar-refractivity contribution in [1.82, 2.24) is 21.0 Å². The van der Waals surface area contributed by atoms with Gasteiger partial charge >= 0.3 is 17.9 Å². The van der Waals surface area contributed by atoms with Crippen LogP contribution in [0.2, 0.25) is 0 Å². The largest absolute Gasteiger partial charge is 0.497 e. The summed E-state index contributed by atoms with van der Waals surface area (Å²) in [6, 6.07) is 10.0. The van der Waals surface area contributed by atoms with E-state index in [-0.39, 0.29) is 48.1 Å². The molecule has 0 spiro atoms. The van der Waals surface area contributed by atoms with E-state index in [9.17, 15) is 33.6 Å². The Bertz CT molecular complexity index is 2110. The molecule has 0 saturated heterocycles. The average molecular weight is 958 g/mol. The number of carbonyl (C=O) groups excluding carboxylic acids is 7. The Balaban J connectivity index is 1.74. The van der Waals surface area contributed by atoms with Crippen LogP contribution in [0, 0.1) is 5.92 Å². The quantitative estimate of drug-likeness (QED) is 0.0280.